The van der Waals surface area contributed by atoms with Crippen molar-refractivity contribution >= 4 is 23.0 Å². The van der Waals surface area contributed by atoms with Crippen molar-refractivity contribution < 1.29 is 4.74 Å². The fourth-order valence-electron chi connectivity index (χ4n) is 3.61. The van der Waals surface area contributed by atoms with Gasteiger partial charge >= 0.3 is 0 Å². The molecule has 0 saturated heterocycles. The Balaban J connectivity index is 1.81. The molecule has 0 amide bonds. The van der Waals surface area contributed by atoms with Gasteiger partial charge in [-0.05, 0) is 53.9 Å². The maximum absolute atomic E-state index is 6.00. The number of hydrogen-bond donors (Lipinski definition) is 2. The minimum absolute atomic E-state index is 0.0248. The summed E-state index contributed by atoms with van der Waals surface area (Å²) in [5.74, 6) is 0.842. The van der Waals surface area contributed by atoms with E-state index in [4.69, 9.17) is 22.7 Å². The number of nitrogens with zero attached hydrogens (tertiary/aromatic N) is 1. The van der Waals surface area contributed by atoms with E-state index in [9.17, 15) is 0 Å². The zero-order valence-corrected chi connectivity index (χ0v) is 14.3. The molecule has 24 heavy (non-hydrogen) atoms. The lowest BCUT2D eigenvalue weighted by atomic mass is 9.85. The normalized spacial score (nSPS) is 18.7. The van der Waals surface area contributed by atoms with Crippen LogP contribution in [0, 0.1) is 0 Å². The Morgan fingerprint density at radius 1 is 1.17 bits per heavy atom. The van der Waals surface area contributed by atoms with E-state index >= 15 is 0 Å². The molecular weight excluding hydrogens is 318 g/mol. The number of ether oxygens (including phenoxy) is 1. The Labute approximate surface area is 146 Å². The summed E-state index contributed by atoms with van der Waals surface area (Å²) in [6.07, 6.45) is 2.03. The molecule has 1 heterocycles. The van der Waals surface area contributed by atoms with Crippen molar-refractivity contribution in [3.8, 4) is 5.75 Å². The van der Waals surface area contributed by atoms with E-state index in [0.717, 1.165) is 29.9 Å². The van der Waals surface area contributed by atoms with Crippen molar-refractivity contribution in [1.82, 2.24) is 10.4 Å². The number of rotatable bonds is 2. The smallest absolute Gasteiger partial charge is 0.186 e. The summed E-state index contributed by atoms with van der Waals surface area (Å²) in [7, 11) is 1.67. The van der Waals surface area contributed by atoms with Crippen molar-refractivity contribution in [1.29, 1.82) is 0 Å². The predicted octanol–water partition coefficient (Wildman–Crippen LogP) is 3.16. The molecule has 3 N–H and O–H groups in total. The summed E-state index contributed by atoms with van der Waals surface area (Å²) in [5.41, 5.74) is 15.7. The minimum Gasteiger partial charge on any atom is -0.497 e. The van der Waals surface area contributed by atoms with Gasteiger partial charge < -0.3 is 10.5 Å². The van der Waals surface area contributed by atoms with Crippen LogP contribution < -0.4 is 15.9 Å². The molecule has 0 spiro atoms. The zero-order chi connectivity index (χ0) is 16.7. The lowest BCUT2D eigenvalue weighted by Crippen LogP contribution is -2.43. The topological polar surface area (TPSA) is 50.5 Å². The van der Waals surface area contributed by atoms with Gasteiger partial charge in [-0.2, -0.15) is 0 Å². The highest BCUT2D eigenvalue weighted by atomic mass is 32.1. The average Bonchev–Trinajstić information content (AvgIpc) is 3.02. The van der Waals surface area contributed by atoms with Gasteiger partial charge in [0.2, 0.25) is 0 Å². The van der Waals surface area contributed by atoms with Crippen LogP contribution in [0.25, 0.3) is 5.70 Å². The molecule has 0 aromatic heterocycles. The van der Waals surface area contributed by atoms with Crippen LogP contribution in [0.4, 0.5) is 0 Å². The van der Waals surface area contributed by atoms with E-state index in [1.54, 1.807) is 7.11 Å². The Morgan fingerprint density at radius 3 is 2.62 bits per heavy atom. The second-order valence-corrected chi connectivity index (χ2v) is 6.47. The van der Waals surface area contributed by atoms with Gasteiger partial charge in [0.25, 0.3) is 0 Å². The van der Waals surface area contributed by atoms with Gasteiger partial charge in [-0.25, -0.2) is 0 Å². The van der Waals surface area contributed by atoms with Crippen molar-refractivity contribution in [2.75, 3.05) is 7.11 Å². The number of hydrazine groups is 1. The summed E-state index contributed by atoms with van der Waals surface area (Å²) in [4.78, 5) is 0. The van der Waals surface area contributed by atoms with E-state index < -0.39 is 0 Å². The van der Waals surface area contributed by atoms with Crippen molar-refractivity contribution in [2.24, 2.45) is 5.73 Å². The molecule has 4 nitrogen and oxygen atoms in total. The first-order valence-electron chi connectivity index (χ1n) is 7.99. The standard InChI is InChI=1S/C19H19N3OS/c1-23-14-9-6-13(7-10-14)18-16-11-8-12-4-2-3-5-15(12)17(16)21-22(18)19(20)24/h2-7,9-10,18,21H,8,11H2,1H3,(H2,20,24). The number of fused-ring (bicyclic) bond motifs is 2. The number of hydrogen-bond acceptors (Lipinski definition) is 3. The lowest BCUT2D eigenvalue weighted by molar-refractivity contribution is 0.334. The highest BCUT2D eigenvalue weighted by Crippen LogP contribution is 2.44. The summed E-state index contributed by atoms with van der Waals surface area (Å²) in [6, 6.07) is 16.6. The van der Waals surface area contributed by atoms with Gasteiger partial charge in [-0.15, -0.1) is 0 Å². The number of nitrogens with two attached hydrogens (primary N) is 1. The Hall–Kier alpha value is -2.53. The molecule has 2 aliphatic rings. The van der Waals surface area contributed by atoms with Gasteiger partial charge in [-0.1, -0.05) is 36.4 Å². The largest absolute Gasteiger partial charge is 0.497 e. The van der Waals surface area contributed by atoms with Crippen molar-refractivity contribution in [3.63, 3.8) is 0 Å². The Bertz CT molecular complexity index is 829. The first-order valence-corrected chi connectivity index (χ1v) is 8.40. The van der Waals surface area contributed by atoms with Crippen LogP contribution in [-0.4, -0.2) is 17.2 Å². The van der Waals surface area contributed by atoms with Gasteiger partial charge in [-0.3, -0.25) is 10.4 Å². The molecule has 0 fully saturated rings. The molecule has 4 rings (SSSR count). The van der Waals surface area contributed by atoms with E-state index in [1.165, 1.54) is 16.7 Å². The molecular formula is C19H19N3OS. The fraction of sp³-hybridized carbons (Fsp3) is 0.211. The summed E-state index contributed by atoms with van der Waals surface area (Å²) >= 11 is 5.29. The first-order chi connectivity index (χ1) is 11.7. The highest BCUT2D eigenvalue weighted by Gasteiger charge is 2.37. The van der Waals surface area contributed by atoms with Gasteiger partial charge in [0, 0.05) is 5.56 Å². The van der Waals surface area contributed by atoms with Crippen molar-refractivity contribution in [2.45, 2.75) is 18.9 Å². The summed E-state index contributed by atoms with van der Waals surface area (Å²) in [5, 5.41) is 2.24. The van der Waals surface area contributed by atoms with E-state index in [-0.39, 0.29) is 6.04 Å². The maximum atomic E-state index is 6.00. The van der Waals surface area contributed by atoms with E-state index in [2.05, 4.69) is 41.8 Å². The summed E-state index contributed by atoms with van der Waals surface area (Å²) in [6.45, 7) is 0. The van der Waals surface area contributed by atoms with E-state index in [0.29, 0.717) is 5.11 Å². The minimum atomic E-state index is 0.0248. The van der Waals surface area contributed by atoms with Crippen LogP contribution in [-0.2, 0) is 6.42 Å². The van der Waals surface area contributed by atoms with Gasteiger partial charge in [0.05, 0.1) is 12.8 Å². The average molecular weight is 337 g/mol. The van der Waals surface area contributed by atoms with Crippen LogP contribution in [0.5, 0.6) is 5.75 Å². The second-order valence-electron chi connectivity index (χ2n) is 6.05. The third kappa shape index (κ3) is 2.32. The Morgan fingerprint density at radius 2 is 1.92 bits per heavy atom. The third-order valence-electron chi connectivity index (χ3n) is 4.76. The van der Waals surface area contributed by atoms with Crippen LogP contribution in [0.2, 0.25) is 0 Å². The van der Waals surface area contributed by atoms with Crippen LogP contribution >= 0.6 is 12.2 Å². The molecule has 0 bridgehead atoms. The fourth-order valence-corrected chi connectivity index (χ4v) is 3.77. The number of aryl methyl sites for hydroxylation is 1. The van der Waals surface area contributed by atoms with E-state index in [1.807, 2.05) is 17.1 Å². The monoisotopic (exact) mass is 337 g/mol. The molecule has 2 aromatic rings. The quantitative estimate of drug-likeness (QED) is 0.825. The molecule has 1 atom stereocenters. The Kier molecular flexibility index (Phi) is 3.65. The van der Waals surface area contributed by atoms with Crippen LogP contribution in [0.1, 0.15) is 29.2 Å². The first kappa shape index (κ1) is 15.0. The number of methoxy groups -OCH3 is 1. The molecule has 5 heteroatoms. The predicted molar refractivity (Wildman–Crippen MR) is 99.2 cm³/mol. The number of benzene rings is 2. The zero-order valence-electron chi connectivity index (χ0n) is 13.5. The van der Waals surface area contributed by atoms with Gasteiger partial charge in [0.1, 0.15) is 11.8 Å². The third-order valence-corrected chi connectivity index (χ3v) is 4.96. The SMILES string of the molecule is COc1ccc(C2C3=C(NN2C(N)=S)c2ccccc2CC3)cc1. The molecule has 1 aliphatic heterocycles. The molecule has 0 radical (unpaired) electrons. The molecule has 1 unspecified atom stereocenters. The van der Waals surface area contributed by atoms with Crippen molar-refractivity contribution in [3.05, 3.63) is 70.8 Å². The molecule has 2 aromatic carbocycles. The number of thiocarbonyl (C=S) groups is 1. The molecule has 122 valence electrons. The van der Waals surface area contributed by atoms with Crippen LogP contribution in [0.15, 0.2) is 54.1 Å². The lowest BCUT2D eigenvalue weighted by Gasteiger charge is -2.27. The molecule has 1 aliphatic carbocycles. The van der Waals surface area contributed by atoms with Crippen LogP contribution in [0.3, 0.4) is 0 Å². The maximum Gasteiger partial charge on any atom is 0.186 e. The second kappa shape index (κ2) is 5.83. The summed E-state index contributed by atoms with van der Waals surface area (Å²) < 4.78 is 5.27. The number of nitrogens with one attached hydrogen (secondary N) is 1. The van der Waals surface area contributed by atoms with Gasteiger partial charge in [0.15, 0.2) is 5.11 Å². The highest BCUT2D eigenvalue weighted by molar-refractivity contribution is 7.80. The molecule has 0 saturated carbocycles.